The number of amides is 2. The summed E-state index contributed by atoms with van der Waals surface area (Å²) in [4.78, 5) is 33.2. The Hall–Kier alpha value is -3.81. The maximum atomic E-state index is 13.8. The van der Waals surface area contributed by atoms with Crippen molar-refractivity contribution in [2.45, 2.75) is 26.4 Å². The number of aryl methyl sites for hydroxylation is 1. The number of carbonyl (C=O) groups excluding carboxylic acids is 1. The number of halogens is 2. The second-order valence-electron chi connectivity index (χ2n) is 8.90. The van der Waals surface area contributed by atoms with Crippen LogP contribution in [0.15, 0.2) is 77.6 Å². The van der Waals surface area contributed by atoms with Gasteiger partial charge in [0.25, 0.3) is 5.56 Å². The SMILES string of the molecule is Cc1ccc(CNc2nc3c(c(=O)n2-c2ccccc2)CN(C(=O)Nc2ccc(Cl)cc2Cl)CC3)cc1. The molecule has 5 rings (SSSR count). The number of aromatic nitrogens is 2. The summed E-state index contributed by atoms with van der Waals surface area (Å²) in [6, 6.07) is 22.1. The molecule has 2 N–H and O–H groups in total. The van der Waals surface area contributed by atoms with Crippen LogP contribution in [0.5, 0.6) is 0 Å². The Labute approximate surface area is 224 Å². The van der Waals surface area contributed by atoms with Crippen LogP contribution in [0.1, 0.15) is 22.4 Å². The molecule has 0 atom stereocenters. The first-order valence-electron chi connectivity index (χ1n) is 11.9. The molecule has 0 fully saturated rings. The van der Waals surface area contributed by atoms with Crippen molar-refractivity contribution in [1.29, 1.82) is 0 Å². The predicted octanol–water partition coefficient (Wildman–Crippen LogP) is 6.05. The molecule has 0 aliphatic carbocycles. The number of nitrogens with one attached hydrogen (secondary N) is 2. The van der Waals surface area contributed by atoms with Gasteiger partial charge in [0, 0.05) is 24.5 Å². The summed E-state index contributed by atoms with van der Waals surface area (Å²) in [5.41, 5.74) is 4.40. The normalized spacial score (nSPS) is 12.7. The van der Waals surface area contributed by atoms with E-state index in [1.54, 1.807) is 27.7 Å². The maximum Gasteiger partial charge on any atom is 0.322 e. The summed E-state index contributed by atoms with van der Waals surface area (Å²) in [7, 11) is 0. The van der Waals surface area contributed by atoms with Gasteiger partial charge in [-0.1, -0.05) is 71.2 Å². The predicted molar refractivity (Wildman–Crippen MR) is 148 cm³/mol. The van der Waals surface area contributed by atoms with Gasteiger partial charge in [0.2, 0.25) is 5.95 Å². The van der Waals surface area contributed by atoms with Gasteiger partial charge >= 0.3 is 6.03 Å². The van der Waals surface area contributed by atoms with Crippen molar-refractivity contribution in [1.82, 2.24) is 14.5 Å². The number of fused-ring (bicyclic) bond motifs is 1. The lowest BCUT2D eigenvalue weighted by Gasteiger charge is -2.29. The molecule has 1 aliphatic heterocycles. The molecular formula is C28H25Cl2N5O2. The van der Waals surface area contributed by atoms with Crippen LogP contribution in [0.3, 0.4) is 0 Å². The quantitative estimate of drug-likeness (QED) is 0.327. The zero-order valence-electron chi connectivity index (χ0n) is 20.2. The summed E-state index contributed by atoms with van der Waals surface area (Å²) < 4.78 is 1.57. The number of carbonyl (C=O) groups is 1. The highest BCUT2D eigenvalue weighted by atomic mass is 35.5. The molecule has 2 amide bonds. The molecule has 7 nitrogen and oxygen atoms in total. The number of nitrogens with zero attached hydrogens (tertiary/aromatic N) is 3. The average molecular weight is 534 g/mol. The lowest BCUT2D eigenvalue weighted by molar-refractivity contribution is 0.205. The molecule has 2 heterocycles. The Bertz CT molecular complexity index is 1500. The van der Waals surface area contributed by atoms with E-state index in [2.05, 4.69) is 34.9 Å². The Morgan fingerprint density at radius 1 is 1.03 bits per heavy atom. The fraction of sp³-hybridized carbons (Fsp3) is 0.179. The zero-order valence-corrected chi connectivity index (χ0v) is 21.7. The van der Waals surface area contributed by atoms with Crippen molar-refractivity contribution < 1.29 is 4.79 Å². The van der Waals surface area contributed by atoms with Gasteiger partial charge < -0.3 is 15.5 Å². The average Bonchev–Trinajstić information content (AvgIpc) is 2.90. The van der Waals surface area contributed by atoms with Crippen LogP contribution >= 0.6 is 23.2 Å². The smallest absolute Gasteiger partial charge is 0.322 e. The first kappa shape index (κ1) is 24.9. The summed E-state index contributed by atoms with van der Waals surface area (Å²) in [5.74, 6) is 0.473. The Kier molecular flexibility index (Phi) is 7.17. The van der Waals surface area contributed by atoms with Gasteiger partial charge in [-0.2, -0.15) is 0 Å². The van der Waals surface area contributed by atoms with Gasteiger partial charge in [0.15, 0.2) is 0 Å². The monoisotopic (exact) mass is 533 g/mol. The Balaban J connectivity index is 1.44. The van der Waals surface area contributed by atoms with Crippen molar-refractivity contribution in [2.24, 2.45) is 0 Å². The van der Waals surface area contributed by atoms with Gasteiger partial charge in [0.1, 0.15) is 0 Å². The van der Waals surface area contributed by atoms with Crippen LogP contribution in [-0.4, -0.2) is 27.0 Å². The highest BCUT2D eigenvalue weighted by molar-refractivity contribution is 6.36. The summed E-state index contributed by atoms with van der Waals surface area (Å²) in [5, 5.41) is 6.99. The molecule has 0 saturated heterocycles. The first-order valence-corrected chi connectivity index (χ1v) is 12.7. The van der Waals surface area contributed by atoms with Crippen LogP contribution in [0.4, 0.5) is 16.4 Å². The lowest BCUT2D eigenvalue weighted by Crippen LogP contribution is -2.43. The van der Waals surface area contributed by atoms with E-state index in [-0.39, 0.29) is 18.1 Å². The third kappa shape index (κ3) is 5.48. The third-order valence-electron chi connectivity index (χ3n) is 6.28. The van der Waals surface area contributed by atoms with E-state index >= 15 is 0 Å². The van der Waals surface area contributed by atoms with E-state index < -0.39 is 0 Å². The standard InChI is InChI=1S/C28H25Cl2N5O2/c1-18-7-9-19(10-8-18)16-31-27-32-24-13-14-34(28(37)33-25-12-11-20(29)15-23(25)30)17-22(24)26(36)35(27)21-5-3-2-4-6-21/h2-12,15H,13-14,16-17H2,1H3,(H,31,32)(H,33,37). The number of hydrogen-bond acceptors (Lipinski definition) is 4. The van der Waals surface area contributed by atoms with Crippen molar-refractivity contribution in [2.75, 3.05) is 17.2 Å². The molecule has 188 valence electrons. The Morgan fingerprint density at radius 3 is 2.51 bits per heavy atom. The fourth-order valence-electron chi connectivity index (χ4n) is 4.26. The lowest BCUT2D eigenvalue weighted by atomic mass is 10.1. The minimum atomic E-state index is -0.345. The molecule has 1 aromatic heterocycles. The molecule has 0 bridgehead atoms. The number of anilines is 2. The molecule has 0 unspecified atom stereocenters. The second-order valence-corrected chi connectivity index (χ2v) is 9.75. The van der Waals surface area contributed by atoms with Crippen molar-refractivity contribution in [3.05, 3.63) is 116 Å². The molecule has 0 spiro atoms. The van der Waals surface area contributed by atoms with Crippen LogP contribution in [-0.2, 0) is 19.5 Å². The van der Waals surface area contributed by atoms with E-state index in [9.17, 15) is 9.59 Å². The molecule has 4 aromatic rings. The molecule has 0 radical (unpaired) electrons. The van der Waals surface area contributed by atoms with E-state index in [4.69, 9.17) is 28.2 Å². The maximum absolute atomic E-state index is 13.8. The Morgan fingerprint density at radius 2 is 1.78 bits per heavy atom. The van der Waals surface area contributed by atoms with Crippen LogP contribution in [0, 0.1) is 6.92 Å². The van der Waals surface area contributed by atoms with Gasteiger partial charge in [0.05, 0.1) is 34.2 Å². The second kappa shape index (κ2) is 10.7. The number of hydrogen-bond donors (Lipinski definition) is 2. The van der Waals surface area contributed by atoms with Crippen molar-refractivity contribution in [3.8, 4) is 5.69 Å². The number of rotatable bonds is 5. The van der Waals surface area contributed by atoms with E-state index in [0.29, 0.717) is 58.1 Å². The highest BCUT2D eigenvalue weighted by Gasteiger charge is 2.27. The van der Waals surface area contributed by atoms with E-state index in [0.717, 1.165) is 5.56 Å². The van der Waals surface area contributed by atoms with Gasteiger partial charge in [-0.25, -0.2) is 14.3 Å². The largest absolute Gasteiger partial charge is 0.351 e. The van der Waals surface area contributed by atoms with E-state index in [1.807, 2.05) is 37.3 Å². The zero-order chi connectivity index (χ0) is 25.9. The van der Waals surface area contributed by atoms with Crippen LogP contribution in [0.25, 0.3) is 5.69 Å². The van der Waals surface area contributed by atoms with Gasteiger partial charge in [-0.05, 0) is 42.8 Å². The topological polar surface area (TPSA) is 79.3 Å². The van der Waals surface area contributed by atoms with Crippen LogP contribution in [0.2, 0.25) is 10.0 Å². The number of benzene rings is 3. The molecule has 3 aromatic carbocycles. The number of para-hydroxylation sites is 1. The molecule has 1 aliphatic rings. The van der Waals surface area contributed by atoms with Gasteiger partial charge in [-0.3, -0.25) is 4.79 Å². The summed E-state index contributed by atoms with van der Waals surface area (Å²) in [6.45, 7) is 3.13. The fourth-order valence-corrected chi connectivity index (χ4v) is 4.71. The first-order chi connectivity index (χ1) is 17.9. The molecule has 37 heavy (non-hydrogen) atoms. The van der Waals surface area contributed by atoms with Crippen molar-refractivity contribution in [3.63, 3.8) is 0 Å². The number of urea groups is 1. The molecule has 9 heteroatoms. The highest BCUT2D eigenvalue weighted by Crippen LogP contribution is 2.26. The molecule has 0 saturated carbocycles. The third-order valence-corrected chi connectivity index (χ3v) is 6.82. The minimum Gasteiger partial charge on any atom is -0.351 e. The molecular weight excluding hydrogens is 509 g/mol. The summed E-state index contributed by atoms with van der Waals surface area (Å²) >= 11 is 12.2. The van der Waals surface area contributed by atoms with E-state index in [1.165, 1.54) is 5.56 Å². The van der Waals surface area contributed by atoms with Crippen molar-refractivity contribution >= 4 is 40.9 Å². The summed E-state index contributed by atoms with van der Waals surface area (Å²) in [6.07, 6.45) is 0.460. The van der Waals surface area contributed by atoms with Crippen LogP contribution < -0.4 is 16.2 Å². The minimum absolute atomic E-state index is 0.142. The van der Waals surface area contributed by atoms with Gasteiger partial charge in [-0.15, -0.1) is 0 Å².